The number of rotatable bonds is 4. The maximum Gasteiger partial charge on any atom is 0.0454 e. The molecule has 0 amide bonds. The lowest BCUT2D eigenvalue weighted by Crippen LogP contribution is -2.34. The van der Waals surface area contributed by atoms with E-state index in [0.717, 1.165) is 0 Å². The minimum atomic E-state index is 0.639. The lowest BCUT2D eigenvalue weighted by atomic mass is 9.94. The third-order valence-corrected chi connectivity index (χ3v) is 4.37. The number of hydrogen-bond acceptors (Lipinski definition) is 1. The molecule has 2 heteroatoms. The summed E-state index contributed by atoms with van der Waals surface area (Å²) in [7, 11) is 0. The Kier molecular flexibility index (Phi) is 3.88. The van der Waals surface area contributed by atoms with E-state index in [1.54, 1.807) is 0 Å². The van der Waals surface area contributed by atoms with E-state index in [1.165, 1.54) is 61.7 Å². The zero-order chi connectivity index (χ0) is 13.1. The Morgan fingerprint density at radius 3 is 3.11 bits per heavy atom. The number of nitrogens with one attached hydrogen (secondary N) is 1. The van der Waals surface area contributed by atoms with Gasteiger partial charge in [-0.15, -0.1) is 0 Å². The van der Waals surface area contributed by atoms with E-state index in [1.807, 2.05) is 6.20 Å². The van der Waals surface area contributed by atoms with Crippen LogP contribution in [0.15, 0.2) is 30.5 Å². The van der Waals surface area contributed by atoms with Crippen molar-refractivity contribution < 1.29 is 0 Å². The summed E-state index contributed by atoms with van der Waals surface area (Å²) in [5.41, 5.74) is 2.75. The Bertz CT molecular complexity index is 529. The summed E-state index contributed by atoms with van der Waals surface area (Å²) in [6, 6.07) is 9.74. The highest BCUT2D eigenvalue weighted by molar-refractivity contribution is 5.80. The molecule has 0 unspecified atom stereocenters. The van der Waals surface area contributed by atoms with Crippen LogP contribution in [0.25, 0.3) is 10.9 Å². The van der Waals surface area contributed by atoms with Crippen molar-refractivity contribution in [2.45, 2.75) is 45.1 Å². The molecule has 1 aliphatic heterocycles. The minimum absolute atomic E-state index is 0.639. The zero-order valence-corrected chi connectivity index (χ0v) is 11.9. The first-order chi connectivity index (χ1) is 9.38. The van der Waals surface area contributed by atoms with Gasteiger partial charge in [0.05, 0.1) is 0 Å². The molecular formula is C17H24N2. The first-order valence-corrected chi connectivity index (χ1v) is 7.69. The van der Waals surface area contributed by atoms with Crippen LogP contribution in [0.5, 0.6) is 0 Å². The van der Waals surface area contributed by atoms with Crippen LogP contribution >= 0.6 is 0 Å². The van der Waals surface area contributed by atoms with Gasteiger partial charge in [-0.25, -0.2) is 0 Å². The van der Waals surface area contributed by atoms with E-state index in [9.17, 15) is 0 Å². The van der Waals surface area contributed by atoms with E-state index in [2.05, 4.69) is 41.1 Å². The second kappa shape index (κ2) is 5.79. The van der Waals surface area contributed by atoms with Gasteiger partial charge in [0.2, 0.25) is 0 Å². The topological polar surface area (TPSA) is 19.0 Å². The van der Waals surface area contributed by atoms with Crippen molar-refractivity contribution in [3.8, 4) is 0 Å². The summed E-state index contributed by atoms with van der Waals surface area (Å²) in [6.07, 6.45) is 8.71. The van der Waals surface area contributed by atoms with Gasteiger partial charge in [0.25, 0.3) is 0 Å². The molecule has 1 aromatic carbocycles. The Hall–Kier alpha value is -1.28. The number of aromatic amines is 1. The second-order valence-electron chi connectivity index (χ2n) is 5.73. The molecule has 1 atom stereocenters. The highest BCUT2D eigenvalue weighted by Crippen LogP contribution is 2.32. The molecule has 0 spiro atoms. The monoisotopic (exact) mass is 256 g/mol. The van der Waals surface area contributed by atoms with Gasteiger partial charge in [-0.3, -0.25) is 4.90 Å². The van der Waals surface area contributed by atoms with Crippen LogP contribution in [0, 0.1) is 0 Å². The van der Waals surface area contributed by atoms with Crippen molar-refractivity contribution >= 4 is 10.9 Å². The molecule has 1 fully saturated rings. The van der Waals surface area contributed by atoms with Gasteiger partial charge in [0.15, 0.2) is 0 Å². The predicted octanol–water partition coefficient (Wildman–Crippen LogP) is 4.50. The number of H-pyrrole nitrogens is 1. The molecule has 2 heterocycles. The first-order valence-electron chi connectivity index (χ1n) is 7.69. The molecule has 0 aliphatic carbocycles. The summed E-state index contributed by atoms with van der Waals surface area (Å²) in [4.78, 5) is 5.98. The fourth-order valence-corrected chi connectivity index (χ4v) is 3.28. The molecule has 102 valence electrons. The fraction of sp³-hybridized carbons (Fsp3) is 0.529. The van der Waals surface area contributed by atoms with Crippen LogP contribution in [-0.2, 0) is 0 Å². The number of fused-ring (bicyclic) bond motifs is 1. The molecule has 0 radical (unpaired) electrons. The SMILES string of the molecule is CCCCN1CCCC[C@@H]1c1ccc2[nH]ccc2c1. The average Bonchev–Trinajstić information content (AvgIpc) is 2.92. The van der Waals surface area contributed by atoms with Crippen LogP contribution in [0.1, 0.15) is 50.6 Å². The van der Waals surface area contributed by atoms with Crippen molar-refractivity contribution in [3.05, 3.63) is 36.0 Å². The Labute approximate surface area is 115 Å². The quantitative estimate of drug-likeness (QED) is 0.853. The summed E-state index contributed by atoms with van der Waals surface area (Å²) < 4.78 is 0. The van der Waals surface area contributed by atoms with Crippen molar-refractivity contribution in [3.63, 3.8) is 0 Å². The molecule has 1 aromatic heterocycles. The third-order valence-electron chi connectivity index (χ3n) is 4.37. The van der Waals surface area contributed by atoms with Gasteiger partial charge in [-0.1, -0.05) is 25.8 Å². The Morgan fingerprint density at radius 1 is 1.26 bits per heavy atom. The van der Waals surface area contributed by atoms with Gasteiger partial charge >= 0.3 is 0 Å². The van der Waals surface area contributed by atoms with Crippen LogP contribution in [0.4, 0.5) is 0 Å². The number of nitrogens with zero attached hydrogens (tertiary/aromatic N) is 1. The van der Waals surface area contributed by atoms with Crippen LogP contribution in [0.2, 0.25) is 0 Å². The lowest BCUT2D eigenvalue weighted by molar-refractivity contribution is 0.147. The van der Waals surface area contributed by atoms with E-state index in [-0.39, 0.29) is 0 Å². The van der Waals surface area contributed by atoms with E-state index in [4.69, 9.17) is 0 Å². The highest BCUT2D eigenvalue weighted by atomic mass is 15.2. The molecular weight excluding hydrogens is 232 g/mol. The second-order valence-corrected chi connectivity index (χ2v) is 5.73. The fourth-order valence-electron chi connectivity index (χ4n) is 3.28. The number of unbranched alkanes of at least 4 members (excludes halogenated alkanes) is 1. The maximum atomic E-state index is 3.28. The number of piperidine rings is 1. The summed E-state index contributed by atoms with van der Waals surface area (Å²) in [6.45, 7) is 4.81. The van der Waals surface area contributed by atoms with Crippen molar-refractivity contribution in [2.24, 2.45) is 0 Å². The number of benzene rings is 1. The first kappa shape index (κ1) is 12.7. The number of likely N-dealkylation sites (tertiary alicyclic amines) is 1. The van der Waals surface area contributed by atoms with E-state index < -0.39 is 0 Å². The summed E-state index contributed by atoms with van der Waals surface area (Å²) in [5.74, 6) is 0. The number of hydrogen-bond donors (Lipinski definition) is 1. The lowest BCUT2D eigenvalue weighted by Gasteiger charge is -2.36. The molecule has 1 N–H and O–H groups in total. The molecule has 2 aromatic rings. The molecule has 19 heavy (non-hydrogen) atoms. The Morgan fingerprint density at radius 2 is 2.21 bits per heavy atom. The van der Waals surface area contributed by atoms with Crippen molar-refractivity contribution in [2.75, 3.05) is 13.1 Å². The van der Waals surface area contributed by atoms with Gasteiger partial charge < -0.3 is 4.98 Å². The average molecular weight is 256 g/mol. The van der Waals surface area contributed by atoms with Gasteiger partial charge in [0, 0.05) is 17.8 Å². The van der Waals surface area contributed by atoms with Gasteiger partial charge in [0.1, 0.15) is 0 Å². The predicted molar refractivity (Wildman–Crippen MR) is 81.4 cm³/mol. The van der Waals surface area contributed by atoms with Crippen LogP contribution < -0.4 is 0 Å². The maximum absolute atomic E-state index is 3.28. The minimum Gasteiger partial charge on any atom is -0.361 e. The summed E-state index contributed by atoms with van der Waals surface area (Å²) in [5, 5.41) is 1.35. The van der Waals surface area contributed by atoms with Crippen molar-refractivity contribution in [1.82, 2.24) is 9.88 Å². The summed E-state index contributed by atoms with van der Waals surface area (Å²) >= 11 is 0. The normalized spacial score (nSPS) is 21.0. The van der Waals surface area contributed by atoms with Crippen LogP contribution in [0.3, 0.4) is 0 Å². The molecule has 2 nitrogen and oxygen atoms in total. The van der Waals surface area contributed by atoms with Gasteiger partial charge in [-0.2, -0.15) is 0 Å². The molecule has 1 aliphatic rings. The molecule has 0 bridgehead atoms. The number of aromatic nitrogens is 1. The molecule has 0 saturated carbocycles. The molecule has 1 saturated heterocycles. The Balaban J connectivity index is 1.84. The smallest absolute Gasteiger partial charge is 0.0454 e. The largest absolute Gasteiger partial charge is 0.361 e. The zero-order valence-electron chi connectivity index (χ0n) is 11.9. The molecule has 3 rings (SSSR count). The van der Waals surface area contributed by atoms with Crippen LogP contribution in [-0.4, -0.2) is 23.0 Å². The van der Waals surface area contributed by atoms with Crippen molar-refractivity contribution in [1.29, 1.82) is 0 Å². The third kappa shape index (κ3) is 2.69. The van der Waals surface area contributed by atoms with E-state index >= 15 is 0 Å². The van der Waals surface area contributed by atoms with Gasteiger partial charge in [-0.05, 0) is 61.5 Å². The standard InChI is InChI=1S/C17H24N2/c1-2-3-11-19-12-5-4-6-17(19)15-7-8-16-14(13-15)9-10-18-16/h7-10,13,17-18H,2-6,11-12H2,1H3/t17-/m1/s1. The van der Waals surface area contributed by atoms with E-state index in [0.29, 0.717) is 6.04 Å². The highest BCUT2D eigenvalue weighted by Gasteiger charge is 2.23.